The van der Waals surface area contributed by atoms with Gasteiger partial charge in [0.15, 0.2) is 0 Å². The Labute approximate surface area is 119 Å². The van der Waals surface area contributed by atoms with Crippen molar-refractivity contribution in [2.45, 2.75) is 57.5 Å². The highest BCUT2D eigenvalue weighted by Gasteiger charge is 2.43. The molecule has 3 atom stereocenters. The van der Waals surface area contributed by atoms with E-state index in [-0.39, 0.29) is 41.1 Å². The molecule has 19 heavy (non-hydrogen) atoms. The Kier molecular flexibility index (Phi) is 5.65. The first-order valence-corrected chi connectivity index (χ1v) is 7.77. The predicted octanol–water partition coefficient (Wildman–Crippen LogP) is 1.29. The van der Waals surface area contributed by atoms with Crippen LogP contribution in [0.25, 0.3) is 0 Å². The van der Waals surface area contributed by atoms with Gasteiger partial charge in [-0.1, -0.05) is 27.6 Å². The van der Waals surface area contributed by atoms with Gasteiger partial charge in [-0.15, -0.1) is 11.8 Å². The molecule has 1 aliphatic heterocycles. The molecular weight excluding hydrogens is 261 g/mol. The quantitative estimate of drug-likeness (QED) is 0.544. The van der Waals surface area contributed by atoms with Crippen molar-refractivity contribution >= 4 is 36.5 Å². The van der Waals surface area contributed by atoms with Crippen molar-refractivity contribution in [3.8, 4) is 0 Å². The number of thioether (sulfide) groups is 1. The van der Waals surface area contributed by atoms with Crippen LogP contribution in [0.5, 0.6) is 0 Å². The maximum absolute atomic E-state index is 12.3. The third-order valence-electron chi connectivity index (χ3n) is 3.57. The van der Waals surface area contributed by atoms with Crippen LogP contribution in [-0.4, -0.2) is 46.2 Å². The van der Waals surface area contributed by atoms with Crippen molar-refractivity contribution in [3.63, 3.8) is 0 Å². The molecule has 0 radical (unpaired) electrons. The molecular formula is C13H22BNO3S. The smallest absolute Gasteiger partial charge is 0.243 e. The molecule has 3 unspecified atom stereocenters. The van der Waals surface area contributed by atoms with Crippen LogP contribution in [0.2, 0.25) is 6.82 Å². The lowest BCUT2D eigenvalue weighted by molar-refractivity contribution is -0.142. The number of nitrogens with zero attached hydrogens (tertiary/aromatic N) is 1. The van der Waals surface area contributed by atoms with E-state index >= 15 is 0 Å². The van der Waals surface area contributed by atoms with Gasteiger partial charge < -0.3 is 4.79 Å². The van der Waals surface area contributed by atoms with Crippen molar-refractivity contribution in [1.29, 1.82) is 0 Å². The minimum absolute atomic E-state index is 0.0908. The van der Waals surface area contributed by atoms with Gasteiger partial charge in [-0.2, -0.15) is 0 Å². The first-order chi connectivity index (χ1) is 8.79. The fourth-order valence-corrected chi connectivity index (χ4v) is 3.43. The van der Waals surface area contributed by atoms with Crippen LogP contribution in [-0.2, 0) is 14.4 Å². The summed E-state index contributed by atoms with van der Waals surface area (Å²) in [5.41, 5.74) is 0.0908. The average molecular weight is 283 g/mol. The minimum Gasteiger partial charge on any atom is -0.311 e. The van der Waals surface area contributed by atoms with Gasteiger partial charge >= 0.3 is 0 Å². The zero-order valence-corrected chi connectivity index (χ0v) is 13.1. The van der Waals surface area contributed by atoms with E-state index in [4.69, 9.17) is 0 Å². The molecule has 6 heteroatoms. The molecule has 1 aliphatic rings. The maximum Gasteiger partial charge on any atom is 0.243 e. The lowest BCUT2D eigenvalue weighted by Crippen LogP contribution is -2.45. The minimum atomic E-state index is -0.342. The Balaban J connectivity index is 2.80. The van der Waals surface area contributed by atoms with Crippen molar-refractivity contribution in [1.82, 2.24) is 4.90 Å². The fraction of sp³-hybridized carbons (Fsp3) is 0.769. The summed E-state index contributed by atoms with van der Waals surface area (Å²) >= 11 is 1.52. The second kappa shape index (κ2) is 6.59. The van der Waals surface area contributed by atoms with Crippen LogP contribution >= 0.6 is 11.8 Å². The highest BCUT2D eigenvalue weighted by molar-refractivity contribution is 8.01. The van der Waals surface area contributed by atoms with Crippen LogP contribution in [0.15, 0.2) is 0 Å². The predicted molar refractivity (Wildman–Crippen MR) is 79.6 cm³/mol. The lowest BCUT2D eigenvalue weighted by Gasteiger charge is -2.27. The zero-order chi connectivity index (χ0) is 14.7. The molecule has 0 spiro atoms. The summed E-state index contributed by atoms with van der Waals surface area (Å²) in [7, 11) is 0.436. The Morgan fingerprint density at radius 2 is 1.89 bits per heavy atom. The van der Waals surface area contributed by atoms with E-state index in [1.54, 1.807) is 20.7 Å². The topological polar surface area (TPSA) is 54.5 Å². The van der Waals surface area contributed by atoms with Gasteiger partial charge in [-0.3, -0.25) is 14.5 Å². The van der Waals surface area contributed by atoms with Gasteiger partial charge in [0.05, 0.1) is 10.9 Å². The molecule has 0 aromatic heterocycles. The molecule has 1 heterocycles. The Bertz CT molecular complexity index is 386. The highest BCUT2D eigenvalue weighted by Crippen LogP contribution is 2.30. The molecule has 0 aromatic carbocycles. The molecule has 0 N–H and O–H groups in total. The fourth-order valence-electron chi connectivity index (χ4n) is 2.30. The number of carbonyl (C=O) groups excluding carboxylic acids is 3. The van der Waals surface area contributed by atoms with E-state index in [0.29, 0.717) is 12.5 Å². The summed E-state index contributed by atoms with van der Waals surface area (Å²) in [4.78, 5) is 37.3. The van der Waals surface area contributed by atoms with E-state index < -0.39 is 0 Å². The average Bonchev–Trinajstić information content (AvgIpc) is 2.61. The molecule has 2 amide bonds. The molecule has 0 saturated carbocycles. The second-order valence-electron chi connectivity index (χ2n) is 5.33. The Hall–Kier alpha value is -0.775. The molecule has 4 nitrogen and oxygen atoms in total. The van der Waals surface area contributed by atoms with Crippen molar-refractivity contribution < 1.29 is 14.4 Å². The number of amides is 2. The molecule has 0 bridgehead atoms. The molecule has 1 rings (SSSR count). The third kappa shape index (κ3) is 3.62. The van der Waals surface area contributed by atoms with E-state index in [9.17, 15) is 14.4 Å². The molecule has 106 valence electrons. The van der Waals surface area contributed by atoms with Gasteiger partial charge in [-0.05, 0) is 12.2 Å². The van der Waals surface area contributed by atoms with Gasteiger partial charge in [-0.25, -0.2) is 0 Å². The van der Waals surface area contributed by atoms with Crippen LogP contribution in [0.4, 0.5) is 0 Å². The number of rotatable bonds is 6. The van der Waals surface area contributed by atoms with Crippen LogP contribution in [0.3, 0.4) is 0 Å². The second-order valence-corrected chi connectivity index (χ2v) is 7.11. The zero-order valence-electron chi connectivity index (χ0n) is 12.3. The van der Waals surface area contributed by atoms with E-state index in [2.05, 4.69) is 0 Å². The summed E-state index contributed by atoms with van der Waals surface area (Å²) < 4.78 is 0. The summed E-state index contributed by atoms with van der Waals surface area (Å²) in [6.07, 6.45) is 0.263. The monoisotopic (exact) mass is 283 g/mol. The largest absolute Gasteiger partial charge is 0.311 e. The summed E-state index contributed by atoms with van der Waals surface area (Å²) in [5.74, 6) is -0.570. The molecule has 1 fully saturated rings. The van der Waals surface area contributed by atoms with Crippen LogP contribution < -0.4 is 0 Å². The lowest BCUT2D eigenvalue weighted by atomic mass is 9.69. The Morgan fingerprint density at radius 3 is 2.37 bits per heavy atom. The standard InChI is InChI=1S/C13H22BNO3S/c1-7(2)19-10-6-11(16)15(13(10)18)9(4)8(3)12(17)14-5/h7-10,14H,6H2,1-5H3. The van der Waals surface area contributed by atoms with Crippen LogP contribution in [0, 0.1) is 5.92 Å². The van der Waals surface area contributed by atoms with E-state index in [0.717, 1.165) is 0 Å². The van der Waals surface area contributed by atoms with Gasteiger partial charge in [0.1, 0.15) is 0 Å². The number of carbonyl (C=O) groups is 3. The van der Waals surface area contributed by atoms with E-state index in [1.807, 2.05) is 13.8 Å². The number of likely N-dealkylation sites (tertiary alicyclic amines) is 1. The Morgan fingerprint density at radius 1 is 1.32 bits per heavy atom. The van der Waals surface area contributed by atoms with Crippen LogP contribution in [0.1, 0.15) is 34.1 Å². The van der Waals surface area contributed by atoms with Crippen molar-refractivity contribution in [3.05, 3.63) is 0 Å². The highest BCUT2D eigenvalue weighted by atomic mass is 32.2. The van der Waals surface area contributed by atoms with Crippen molar-refractivity contribution in [2.75, 3.05) is 0 Å². The maximum atomic E-state index is 12.3. The first-order valence-electron chi connectivity index (χ1n) is 6.83. The first kappa shape index (κ1) is 16.3. The molecule has 1 saturated heterocycles. The summed E-state index contributed by atoms with van der Waals surface area (Å²) in [6.45, 7) is 9.41. The van der Waals surface area contributed by atoms with Gasteiger partial charge in [0, 0.05) is 18.4 Å². The molecule has 0 aromatic rings. The van der Waals surface area contributed by atoms with Crippen molar-refractivity contribution in [2.24, 2.45) is 5.92 Å². The van der Waals surface area contributed by atoms with Gasteiger partial charge in [0.25, 0.3) is 0 Å². The SMILES string of the molecule is CBC(=O)C(C)C(C)N1C(=O)CC(SC(C)C)C1=O. The normalized spacial score (nSPS) is 22.8. The summed E-state index contributed by atoms with van der Waals surface area (Å²) in [6, 6.07) is -0.342. The number of imide groups is 1. The van der Waals surface area contributed by atoms with E-state index in [1.165, 1.54) is 16.7 Å². The third-order valence-corrected chi connectivity index (χ3v) is 4.81. The van der Waals surface area contributed by atoms with Gasteiger partial charge in [0.2, 0.25) is 19.1 Å². The summed E-state index contributed by atoms with van der Waals surface area (Å²) in [5, 5.41) is 0.0329. The number of hydrogen-bond acceptors (Lipinski definition) is 4. The molecule has 0 aliphatic carbocycles. The number of hydrogen-bond donors (Lipinski definition) is 0.